The predicted octanol–water partition coefficient (Wildman–Crippen LogP) is 6.25. The van der Waals surface area contributed by atoms with Crippen LogP contribution in [-0.4, -0.2) is 39.1 Å². The number of hydrogen-bond acceptors (Lipinski definition) is 8. The normalized spacial score (nSPS) is 19.1. The summed E-state index contributed by atoms with van der Waals surface area (Å²) in [5.74, 6) is 3.99. The van der Waals surface area contributed by atoms with Crippen LogP contribution >= 0.6 is 0 Å². The van der Waals surface area contributed by atoms with E-state index in [0.717, 1.165) is 42.8 Å². The first-order valence-electron chi connectivity index (χ1n) is 14.5. The molecule has 204 valence electrons. The first-order valence-corrected chi connectivity index (χ1v) is 14.5. The Morgan fingerprint density at radius 1 is 1.05 bits per heavy atom. The number of rotatable bonds is 7. The molecule has 6 rings (SSSR count). The zero-order chi connectivity index (χ0) is 27.6. The van der Waals surface area contributed by atoms with E-state index >= 15 is 0 Å². The fourth-order valence-electron chi connectivity index (χ4n) is 5.76. The van der Waals surface area contributed by atoms with Gasteiger partial charge in [-0.15, -0.1) is 0 Å². The Bertz CT molecular complexity index is 1590. The van der Waals surface area contributed by atoms with E-state index in [9.17, 15) is 5.26 Å². The molecule has 8 heteroatoms. The minimum absolute atomic E-state index is 0.354. The lowest BCUT2D eigenvalue weighted by Crippen LogP contribution is -2.42. The molecule has 0 spiro atoms. The summed E-state index contributed by atoms with van der Waals surface area (Å²) in [5.41, 5.74) is 5.85. The highest BCUT2D eigenvalue weighted by Crippen LogP contribution is 2.42. The summed E-state index contributed by atoms with van der Waals surface area (Å²) in [6.07, 6.45) is 7.56. The smallest absolute Gasteiger partial charge is 0.162 e. The van der Waals surface area contributed by atoms with E-state index in [1.54, 1.807) is 18.3 Å². The molecule has 3 aromatic heterocycles. The van der Waals surface area contributed by atoms with Crippen LogP contribution in [0.25, 0.3) is 22.3 Å². The molecular formula is C32H36N8. The number of aryl methyl sites for hydroxylation is 2. The maximum atomic E-state index is 9.23. The van der Waals surface area contributed by atoms with Gasteiger partial charge in [0.1, 0.15) is 23.5 Å². The van der Waals surface area contributed by atoms with E-state index in [4.69, 9.17) is 9.97 Å². The van der Waals surface area contributed by atoms with Crippen LogP contribution in [0.4, 0.5) is 17.5 Å². The molecule has 2 unspecified atom stereocenters. The van der Waals surface area contributed by atoms with Crippen molar-refractivity contribution in [1.82, 2.24) is 25.3 Å². The van der Waals surface area contributed by atoms with Crippen LogP contribution in [-0.2, 0) is 6.42 Å². The second kappa shape index (κ2) is 11.2. The number of benzene rings is 1. The Labute approximate surface area is 235 Å². The molecular weight excluding hydrogens is 496 g/mol. The van der Waals surface area contributed by atoms with Crippen LogP contribution in [0.5, 0.6) is 0 Å². The van der Waals surface area contributed by atoms with Gasteiger partial charge in [-0.2, -0.15) is 5.26 Å². The Balaban J connectivity index is 1.43. The molecule has 2 atom stereocenters. The fourth-order valence-corrected chi connectivity index (χ4v) is 5.76. The summed E-state index contributed by atoms with van der Waals surface area (Å²) in [6.45, 7) is 8.36. The average Bonchev–Trinajstić information content (AvgIpc) is 2.93. The molecule has 2 aliphatic rings. The van der Waals surface area contributed by atoms with Crippen molar-refractivity contribution >= 4 is 28.4 Å². The van der Waals surface area contributed by atoms with Gasteiger partial charge in [0.15, 0.2) is 5.82 Å². The standard InChI is InChI=1S/C32H36N8/c1-4-21-14-25(22-6-5-7-22)30-27(15-21)38-31(40-32(30)37-26-11-12-34-18-19(26)2)23-10-13-35-29(16-23)39-28-9-8-24(17-33)20(3)36-28/h8-10,13-16,19,22,26,34H,4-7,11-12,18H2,1-3H3,(H,35,36,39)(H,37,38,40). The van der Waals surface area contributed by atoms with Crippen molar-refractivity contribution in [2.24, 2.45) is 5.92 Å². The molecule has 1 aliphatic carbocycles. The lowest BCUT2D eigenvalue weighted by molar-refractivity contribution is 0.368. The Kier molecular flexibility index (Phi) is 7.31. The molecule has 0 amide bonds. The predicted molar refractivity (Wildman–Crippen MR) is 160 cm³/mol. The Hall–Kier alpha value is -4.09. The van der Waals surface area contributed by atoms with Gasteiger partial charge in [0, 0.05) is 23.2 Å². The van der Waals surface area contributed by atoms with Gasteiger partial charge >= 0.3 is 0 Å². The summed E-state index contributed by atoms with van der Waals surface area (Å²) < 4.78 is 0. The Morgan fingerprint density at radius 3 is 2.65 bits per heavy atom. The number of nitrogens with zero attached hydrogens (tertiary/aromatic N) is 5. The van der Waals surface area contributed by atoms with Crippen LogP contribution < -0.4 is 16.0 Å². The molecule has 40 heavy (non-hydrogen) atoms. The summed E-state index contributed by atoms with van der Waals surface area (Å²) >= 11 is 0. The lowest BCUT2D eigenvalue weighted by Gasteiger charge is -2.32. The van der Waals surface area contributed by atoms with E-state index in [1.807, 2.05) is 19.1 Å². The maximum Gasteiger partial charge on any atom is 0.162 e. The van der Waals surface area contributed by atoms with Crippen molar-refractivity contribution in [3.05, 3.63) is 65.0 Å². The maximum absolute atomic E-state index is 9.23. The minimum atomic E-state index is 0.354. The lowest BCUT2D eigenvalue weighted by atomic mass is 9.78. The van der Waals surface area contributed by atoms with Crippen LogP contribution in [0, 0.1) is 24.2 Å². The molecule has 1 aromatic carbocycles. The monoisotopic (exact) mass is 532 g/mol. The van der Waals surface area contributed by atoms with Crippen molar-refractivity contribution in [2.75, 3.05) is 23.7 Å². The largest absolute Gasteiger partial charge is 0.366 e. The first-order chi connectivity index (χ1) is 19.5. The third kappa shape index (κ3) is 5.22. The number of nitriles is 1. The highest BCUT2D eigenvalue weighted by Gasteiger charge is 2.27. The molecule has 1 aliphatic heterocycles. The van der Waals surface area contributed by atoms with Gasteiger partial charge in [0.25, 0.3) is 0 Å². The molecule has 4 aromatic rings. The number of piperidine rings is 1. The third-order valence-electron chi connectivity index (χ3n) is 8.43. The Morgan fingerprint density at radius 2 is 1.93 bits per heavy atom. The number of aromatic nitrogens is 4. The quantitative estimate of drug-likeness (QED) is 0.256. The van der Waals surface area contributed by atoms with E-state index in [0.29, 0.717) is 46.6 Å². The topological polar surface area (TPSA) is 111 Å². The average molecular weight is 533 g/mol. The minimum Gasteiger partial charge on any atom is -0.366 e. The van der Waals surface area contributed by atoms with E-state index in [1.165, 1.54) is 35.8 Å². The zero-order valence-corrected chi connectivity index (χ0v) is 23.5. The van der Waals surface area contributed by atoms with Gasteiger partial charge in [-0.25, -0.2) is 19.9 Å². The summed E-state index contributed by atoms with van der Waals surface area (Å²) in [5, 5.41) is 21.1. The molecule has 4 heterocycles. The van der Waals surface area contributed by atoms with Gasteiger partial charge in [0.2, 0.25) is 0 Å². The van der Waals surface area contributed by atoms with Crippen molar-refractivity contribution < 1.29 is 0 Å². The molecule has 1 saturated carbocycles. The fraction of sp³-hybridized carbons (Fsp3) is 0.406. The van der Waals surface area contributed by atoms with Gasteiger partial charge in [0.05, 0.1) is 16.8 Å². The van der Waals surface area contributed by atoms with Gasteiger partial charge < -0.3 is 16.0 Å². The molecule has 3 N–H and O–H groups in total. The SMILES string of the molecule is CCc1cc(C2CCC2)c2c(NC3CCNCC3C)nc(-c3ccnc(Nc4ccc(C#N)c(C)n4)c3)nc2c1. The van der Waals surface area contributed by atoms with E-state index in [-0.39, 0.29) is 0 Å². The highest BCUT2D eigenvalue weighted by atomic mass is 15.1. The van der Waals surface area contributed by atoms with Crippen molar-refractivity contribution in [1.29, 1.82) is 5.26 Å². The summed E-state index contributed by atoms with van der Waals surface area (Å²) in [4.78, 5) is 19.4. The van der Waals surface area contributed by atoms with E-state index in [2.05, 4.69) is 58.0 Å². The van der Waals surface area contributed by atoms with Crippen LogP contribution in [0.2, 0.25) is 0 Å². The molecule has 0 radical (unpaired) electrons. The molecule has 0 bridgehead atoms. The van der Waals surface area contributed by atoms with Crippen molar-refractivity contribution in [3.8, 4) is 17.5 Å². The van der Waals surface area contributed by atoms with Crippen LogP contribution in [0.3, 0.4) is 0 Å². The number of nitrogens with one attached hydrogen (secondary N) is 3. The van der Waals surface area contributed by atoms with Gasteiger partial charge in [-0.05, 0) is 99.0 Å². The number of hydrogen-bond donors (Lipinski definition) is 3. The second-order valence-corrected chi connectivity index (χ2v) is 11.2. The third-order valence-corrected chi connectivity index (χ3v) is 8.43. The van der Waals surface area contributed by atoms with Gasteiger partial charge in [-0.1, -0.05) is 26.3 Å². The highest BCUT2D eigenvalue weighted by molar-refractivity contribution is 5.95. The van der Waals surface area contributed by atoms with Crippen molar-refractivity contribution in [2.45, 2.75) is 64.8 Å². The second-order valence-electron chi connectivity index (χ2n) is 11.2. The molecule has 2 fully saturated rings. The van der Waals surface area contributed by atoms with E-state index < -0.39 is 0 Å². The first kappa shape index (κ1) is 26.1. The van der Waals surface area contributed by atoms with Crippen LogP contribution in [0.1, 0.15) is 67.8 Å². The number of anilines is 3. The van der Waals surface area contributed by atoms with Gasteiger partial charge in [-0.3, -0.25) is 0 Å². The summed E-state index contributed by atoms with van der Waals surface area (Å²) in [7, 11) is 0. The summed E-state index contributed by atoms with van der Waals surface area (Å²) in [6, 6.07) is 14.6. The number of pyridine rings is 2. The van der Waals surface area contributed by atoms with Crippen LogP contribution in [0.15, 0.2) is 42.6 Å². The molecule has 8 nitrogen and oxygen atoms in total. The number of fused-ring (bicyclic) bond motifs is 1. The zero-order valence-electron chi connectivity index (χ0n) is 23.5. The molecule has 1 saturated heterocycles. The van der Waals surface area contributed by atoms with Crippen molar-refractivity contribution in [3.63, 3.8) is 0 Å².